The Bertz CT molecular complexity index is 2690. The van der Waals surface area contributed by atoms with E-state index in [0.29, 0.717) is 50.3 Å². The van der Waals surface area contributed by atoms with Gasteiger partial charge in [-0.15, -0.1) is 0 Å². The van der Waals surface area contributed by atoms with Crippen LogP contribution in [-0.2, 0) is 24.6 Å². The Morgan fingerprint density at radius 1 is 0.774 bits per heavy atom. The van der Waals surface area contributed by atoms with Gasteiger partial charge in [-0.1, -0.05) is 59.7 Å². The molecule has 3 fully saturated rings. The number of nitrogens with one attached hydrogen (secondary N) is 1. The summed E-state index contributed by atoms with van der Waals surface area (Å²) in [6.07, 6.45) is 5.91. The summed E-state index contributed by atoms with van der Waals surface area (Å²) in [7, 11) is 4.67. The third-order valence-electron chi connectivity index (χ3n) is 12.8. The minimum absolute atomic E-state index is 0.0351. The summed E-state index contributed by atoms with van der Waals surface area (Å²) in [5.41, 5.74) is 5.02. The summed E-state index contributed by atoms with van der Waals surface area (Å²) >= 11 is 6.40. The minimum Gasteiger partial charge on any atom is -0.508 e. The molecule has 4 aliphatic rings. The van der Waals surface area contributed by atoms with Crippen LogP contribution in [0.3, 0.4) is 0 Å². The van der Waals surface area contributed by atoms with Crippen molar-refractivity contribution >= 4 is 58.8 Å². The van der Waals surface area contributed by atoms with Crippen molar-refractivity contribution in [3.05, 3.63) is 154 Å². The predicted molar refractivity (Wildman–Crippen MR) is 231 cm³/mol. The van der Waals surface area contributed by atoms with Crippen molar-refractivity contribution in [1.29, 1.82) is 0 Å². The highest BCUT2D eigenvalue weighted by Gasteiger charge is 2.70. The number of halogens is 2. The van der Waals surface area contributed by atoms with Crippen LogP contribution in [0.5, 0.6) is 23.0 Å². The van der Waals surface area contributed by atoms with Gasteiger partial charge in [0.15, 0.2) is 0 Å². The number of carbonyl (C=O) groups excluding carboxylic acids is 4. The maximum Gasteiger partial charge on any atom is 0.260 e. The van der Waals surface area contributed by atoms with Crippen LogP contribution in [0.2, 0.25) is 5.02 Å². The first-order valence-electron chi connectivity index (χ1n) is 20.1. The molecule has 62 heavy (non-hydrogen) atoms. The molecule has 1 saturated carbocycles. The average molecular weight is 854 g/mol. The summed E-state index contributed by atoms with van der Waals surface area (Å²) in [5, 5.41) is 13.1. The molecule has 11 nitrogen and oxygen atoms in total. The zero-order valence-corrected chi connectivity index (χ0v) is 34.6. The van der Waals surface area contributed by atoms with E-state index in [1.165, 1.54) is 42.3 Å². The Kier molecular flexibility index (Phi) is 10.3. The van der Waals surface area contributed by atoms with E-state index in [4.69, 9.17) is 25.8 Å². The Hall–Kier alpha value is -6.92. The van der Waals surface area contributed by atoms with Gasteiger partial charge in [-0.05, 0) is 115 Å². The normalized spacial score (nSPS) is 24.1. The van der Waals surface area contributed by atoms with Crippen molar-refractivity contribution in [1.82, 2.24) is 5.01 Å². The predicted octanol–water partition coefficient (Wildman–Crippen LogP) is 8.57. The van der Waals surface area contributed by atoms with E-state index in [-0.39, 0.29) is 24.5 Å². The third-order valence-corrected chi connectivity index (χ3v) is 13.1. The first kappa shape index (κ1) is 40.5. The van der Waals surface area contributed by atoms with Crippen molar-refractivity contribution < 1.29 is 42.9 Å². The van der Waals surface area contributed by atoms with Crippen LogP contribution in [-0.4, -0.2) is 55.1 Å². The Labute approximate surface area is 361 Å². The Morgan fingerprint density at radius 2 is 1.47 bits per heavy atom. The molecule has 314 valence electrons. The summed E-state index contributed by atoms with van der Waals surface area (Å²) < 4.78 is 30.5. The monoisotopic (exact) mass is 853 g/mol. The number of phenols is 1. The molecule has 2 saturated heterocycles. The molecular formula is C49H41ClFN3O8. The standard InChI is InChI=1S/C49H41ClFN3O8/c1-60-34-19-23-42(62-3)28(24-34)7-4-27-5-16-33(17-6-27)53-45(56)37-21-20-36-38(43(37)47(53)58)26-40-46(57)54(52-32-14-12-31(51)13-15-32)48(59)49(40,29-8-10-30(50)11-9-29)44(36)39-25-35(61-2)18-22-41(39)55/h4-20,22-25,37-38,40,43-44,52,55H,21,26H2,1-3H3/t37-,38+,40-,43-,44+,49+/m0/s1. The second kappa shape index (κ2) is 15.8. The lowest BCUT2D eigenvalue weighted by Crippen LogP contribution is -2.53. The van der Waals surface area contributed by atoms with Crippen molar-refractivity contribution in [2.75, 3.05) is 31.7 Å². The summed E-state index contributed by atoms with van der Waals surface area (Å²) in [6, 6.07) is 29.2. The molecule has 6 atom stereocenters. The second-order valence-corrected chi connectivity index (χ2v) is 16.3. The van der Waals surface area contributed by atoms with Gasteiger partial charge in [0.1, 0.15) is 28.8 Å². The van der Waals surface area contributed by atoms with E-state index in [1.807, 2.05) is 48.6 Å². The first-order valence-corrected chi connectivity index (χ1v) is 20.5. The molecule has 5 aromatic carbocycles. The molecule has 0 spiro atoms. The lowest BCUT2D eigenvalue weighted by atomic mass is 9.49. The number of hydrazine groups is 1. The fraction of sp³-hybridized carbons (Fsp3) is 0.224. The molecule has 13 heteroatoms. The van der Waals surface area contributed by atoms with Gasteiger partial charge in [0, 0.05) is 22.1 Å². The molecule has 0 unspecified atom stereocenters. The number of nitrogens with zero attached hydrogens (tertiary/aromatic N) is 2. The van der Waals surface area contributed by atoms with Crippen molar-refractivity contribution in [3.63, 3.8) is 0 Å². The maximum absolute atomic E-state index is 15.4. The van der Waals surface area contributed by atoms with E-state index >= 15 is 4.79 Å². The van der Waals surface area contributed by atoms with Crippen molar-refractivity contribution in [2.24, 2.45) is 23.7 Å². The van der Waals surface area contributed by atoms with E-state index in [2.05, 4.69) is 5.43 Å². The molecule has 2 N–H and O–H groups in total. The quantitative estimate of drug-likeness (QED) is 0.0805. The number of allylic oxidation sites excluding steroid dienone is 2. The molecule has 2 aliphatic carbocycles. The van der Waals surface area contributed by atoms with Gasteiger partial charge < -0.3 is 19.3 Å². The lowest BCUT2D eigenvalue weighted by Gasteiger charge is -2.50. The topological polar surface area (TPSA) is 135 Å². The number of amides is 4. The van der Waals surface area contributed by atoms with Crippen molar-refractivity contribution in [3.8, 4) is 23.0 Å². The third kappa shape index (κ3) is 6.48. The highest BCUT2D eigenvalue weighted by Crippen LogP contribution is 2.65. The number of hydrogen-bond acceptors (Lipinski definition) is 9. The van der Waals surface area contributed by atoms with Gasteiger partial charge in [-0.3, -0.25) is 29.5 Å². The maximum atomic E-state index is 15.4. The van der Waals surface area contributed by atoms with Crippen molar-refractivity contribution in [2.45, 2.75) is 24.2 Å². The van der Waals surface area contributed by atoms with E-state index in [9.17, 15) is 23.9 Å². The van der Waals surface area contributed by atoms with Crippen LogP contribution in [0, 0.1) is 29.5 Å². The molecule has 0 bridgehead atoms. The van der Waals surface area contributed by atoms with Gasteiger partial charge in [-0.2, -0.15) is 5.01 Å². The van der Waals surface area contributed by atoms with Gasteiger partial charge in [0.2, 0.25) is 11.8 Å². The number of methoxy groups -OCH3 is 3. The minimum atomic E-state index is -1.67. The van der Waals surface area contributed by atoms with E-state index in [0.717, 1.165) is 16.1 Å². The smallest absolute Gasteiger partial charge is 0.260 e. The van der Waals surface area contributed by atoms with E-state index in [1.54, 1.807) is 62.8 Å². The number of carbonyl (C=O) groups is 4. The van der Waals surface area contributed by atoms with Crippen LogP contribution in [0.15, 0.2) is 121 Å². The molecule has 4 amide bonds. The number of aromatic hydroxyl groups is 1. The fourth-order valence-electron chi connectivity index (χ4n) is 10.0. The number of benzene rings is 5. The second-order valence-electron chi connectivity index (χ2n) is 15.8. The number of rotatable bonds is 10. The zero-order chi connectivity index (χ0) is 43.4. The number of fused-ring (bicyclic) bond motifs is 4. The molecule has 2 aliphatic heterocycles. The molecule has 2 heterocycles. The Balaban J connectivity index is 1.12. The van der Waals surface area contributed by atoms with Crippen LogP contribution in [0.1, 0.15) is 41.0 Å². The SMILES string of the molecule is COc1ccc(OC)c(C=Cc2ccc(N3C(=O)[C@H]4[C@H](CC=C5[C@H]4C[C@H]4C(=O)N(Nc6ccc(F)cc6)C(=O)[C@@]4(c4ccc(Cl)cc4)[C@H]5c4cc(OC)ccc4O)C3=O)cc2)c1. The first-order chi connectivity index (χ1) is 30.0. The molecule has 9 rings (SSSR count). The summed E-state index contributed by atoms with van der Waals surface area (Å²) in [4.78, 5) is 60.8. The zero-order valence-electron chi connectivity index (χ0n) is 33.9. The average Bonchev–Trinajstić information content (AvgIpc) is 3.67. The number of imide groups is 2. The van der Waals surface area contributed by atoms with Crippen LogP contribution in [0.25, 0.3) is 12.2 Å². The number of anilines is 2. The Morgan fingerprint density at radius 3 is 2.16 bits per heavy atom. The number of hydrogen-bond donors (Lipinski definition) is 2. The molecule has 0 radical (unpaired) electrons. The van der Waals surface area contributed by atoms with Crippen LogP contribution >= 0.6 is 11.6 Å². The number of ether oxygens (including phenoxy) is 3. The van der Waals surface area contributed by atoms with Gasteiger partial charge >= 0.3 is 0 Å². The van der Waals surface area contributed by atoms with E-state index < -0.39 is 58.5 Å². The molecular weight excluding hydrogens is 813 g/mol. The highest BCUT2D eigenvalue weighted by atomic mass is 35.5. The number of phenolic OH excluding ortho intramolecular Hbond substituents is 1. The van der Waals surface area contributed by atoms with Crippen LogP contribution < -0.4 is 24.5 Å². The largest absolute Gasteiger partial charge is 0.508 e. The molecule has 5 aromatic rings. The van der Waals surface area contributed by atoms with Gasteiger partial charge in [0.25, 0.3) is 11.8 Å². The summed E-state index contributed by atoms with van der Waals surface area (Å²) in [6.45, 7) is 0. The molecule has 0 aromatic heterocycles. The fourth-order valence-corrected chi connectivity index (χ4v) is 10.2. The van der Waals surface area contributed by atoms with Gasteiger partial charge in [-0.25, -0.2) is 4.39 Å². The summed E-state index contributed by atoms with van der Waals surface area (Å²) in [5.74, 6) is -5.25. The highest BCUT2D eigenvalue weighted by molar-refractivity contribution is 6.30. The lowest BCUT2D eigenvalue weighted by molar-refractivity contribution is -0.138. The van der Waals surface area contributed by atoms with Gasteiger partial charge in [0.05, 0.1) is 55.9 Å². The van der Waals surface area contributed by atoms with Crippen LogP contribution in [0.4, 0.5) is 15.8 Å².